The Morgan fingerprint density at radius 2 is 1.92 bits per heavy atom. The van der Waals surface area contributed by atoms with Gasteiger partial charge in [-0.3, -0.25) is 0 Å². The lowest BCUT2D eigenvalue weighted by Gasteiger charge is -2.00. The molecule has 5 nitrogen and oxygen atoms in total. The topological polar surface area (TPSA) is 60.4 Å². The zero-order valence-electron chi connectivity index (χ0n) is 13.2. The van der Waals surface area contributed by atoms with Crippen molar-refractivity contribution in [1.29, 1.82) is 0 Å². The van der Waals surface area contributed by atoms with Crippen molar-refractivity contribution in [3.8, 4) is 21.8 Å². The average molecular weight is 380 g/mol. The lowest BCUT2D eigenvalue weighted by atomic mass is 10.1. The highest BCUT2D eigenvalue weighted by Gasteiger charge is 2.15. The Bertz CT molecular complexity index is 1290. The summed E-state index contributed by atoms with van der Waals surface area (Å²) in [6.07, 6.45) is 1.74. The highest BCUT2D eigenvalue weighted by atomic mass is 35.5. The van der Waals surface area contributed by atoms with Gasteiger partial charge in [0.1, 0.15) is 10.6 Å². The van der Waals surface area contributed by atoms with E-state index in [0.29, 0.717) is 26.8 Å². The number of benzene rings is 2. The minimum atomic E-state index is -0.436. The molecule has 26 heavy (non-hydrogen) atoms. The van der Waals surface area contributed by atoms with E-state index >= 15 is 0 Å². The van der Waals surface area contributed by atoms with Gasteiger partial charge in [-0.05, 0) is 24.3 Å². The largest absolute Gasteiger partial charge is 0.422 e. The zero-order valence-corrected chi connectivity index (χ0v) is 14.8. The molecule has 0 radical (unpaired) electrons. The summed E-state index contributed by atoms with van der Waals surface area (Å²) in [6, 6.07) is 16.8. The van der Waals surface area contributed by atoms with Gasteiger partial charge in [-0.25, -0.2) is 14.3 Å². The van der Waals surface area contributed by atoms with E-state index in [1.54, 1.807) is 35.0 Å². The Morgan fingerprint density at radius 1 is 1.08 bits per heavy atom. The van der Waals surface area contributed by atoms with Crippen LogP contribution in [0.5, 0.6) is 0 Å². The third-order valence-corrected chi connectivity index (χ3v) is 5.24. The van der Waals surface area contributed by atoms with Crippen LogP contribution in [0.1, 0.15) is 0 Å². The van der Waals surface area contributed by atoms with Crippen molar-refractivity contribution < 1.29 is 4.42 Å². The maximum atomic E-state index is 12.3. The van der Waals surface area contributed by atoms with E-state index in [2.05, 4.69) is 10.1 Å². The molecule has 3 aromatic heterocycles. The van der Waals surface area contributed by atoms with Gasteiger partial charge in [0.25, 0.3) is 0 Å². The average Bonchev–Trinajstić information content (AvgIpc) is 3.21. The summed E-state index contributed by atoms with van der Waals surface area (Å²) in [5.74, 6) is 0. The number of hydrogen-bond acceptors (Lipinski definition) is 5. The van der Waals surface area contributed by atoms with E-state index in [9.17, 15) is 4.79 Å². The number of halogens is 1. The van der Waals surface area contributed by atoms with E-state index in [1.807, 2.05) is 30.3 Å². The van der Waals surface area contributed by atoms with E-state index in [4.69, 9.17) is 16.0 Å². The summed E-state index contributed by atoms with van der Waals surface area (Å²) in [4.78, 5) is 17.6. The fraction of sp³-hybridized carbons (Fsp3) is 0. The Labute approximate surface area is 156 Å². The van der Waals surface area contributed by atoms with Crippen LogP contribution in [0.3, 0.4) is 0 Å². The first-order valence-corrected chi connectivity index (χ1v) is 9.02. The van der Waals surface area contributed by atoms with Crippen molar-refractivity contribution in [2.75, 3.05) is 0 Å². The van der Waals surface area contributed by atoms with Gasteiger partial charge in [0, 0.05) is 16.0 Å². The van der Waals surface area contributed by atoms with Crippen LogP contribution in [-0.2, 0) is 0 Å². The molecule has 5 rings (SSSR count). The van der Waals surface area contributed by atoms with Gasteiger partial charge in [-0.15, -0.1) is 0 Å². The Kier molecular flexibility index (Phi) is 3.41. The standard InChI is InChI=1S/C19H10ClN3O2S/c20-13-6-7-16-12(8-13)9-14(18(24)25-16)15-10-23-19(21-15)26-17(22-23)11-4-2-1-3-5-11/h1-10H. The Morgan fingerprint density at radius 3 is 2.73 bits per heavy atom. The van der Waals surface area contributed by atoms with Gasteiger partial charge in [0.05, 0.1) is 17.5 Å². The molecule has 3 heterocycles. The van der Waals surface area contributed by atoms with Crippen LogP contribution in [0.25, 0.3) is 37.8 Å². The summed E-state index contributed by atoms with van der Waals surface area (Å²) >= 11 is 7.50. The summed E-state index contributed by atoms with van der Waals surface area (Å²) in [5, 5.41) is 6.76. The SMILES string of the molecule is O=c1oc2ccc(Cl)cc2cc1-c1cn2nc(-c3ccccc3)sc2n1. The van der Waals surface area contributed by atoms with Gasteiger partial charge in [-0.1, -0.05) is 53.3 Å². The van der Waals surface area contributed by atoms with Gasteiger partial charge in [-0.2, -0.15) is 5.10 Å². The number of imidazole rings is 1. The van der Waals surface area contributed by atoms with Gasteiger partial charge in [0.2, 0.25) is 4.96 Å². The predicted molar refractivity (Wildman–Crippen MR) is 103 cm³/mol. The second kappa shape index (κ2) is 5.79. The van der Waals surface area contributed by atoms with Crippen LogP contribution in [0.15, 0.2) is 70.0 Å². The maximum Gasteiger partial charge on any atom is 0.345 e. The third kappa shape index (κ3) is 2.51. The van der Waals surface area contributed by atoms with Crippen LogP contribution in [-0.4, -0.2) is 14.6 Å². The van der Waals surface area contributed by atoms with Crippen molar-refractivity contribution in [2.24, 2.45) is 0 Å². The van der Waals surface area contributed by atoms with Crippen molar-refractivity contribution in [1.82, 2.24) is 14.6 Å². The lowest BCUT2D eigenvalue weighted by molar-refractivity contribution is 0.563. The first-order chi connectivity index (χ1) is 12.7. The summed E-state index contributed by atoms with van der Waals surface area (Å²) < 4.78 is 7.07. The molecular weight excluding hydrogens is 370 g/mol. The molecule has 0 N–H and O–H groups in total. The molecule has 0 amide bonds. The molecule has 0 bridgehead atoms. The Hall–Kier alpha value is -2.96. The summed E-state index contributed by atoms with van der Waals surface area (Å²) in [5.41, 5.74) is 2.00. The van der Waals surface area contributed by atoms with Crippen LogP contribution < -0.4 is 5.63 Å². The number of aromatic nitrogens is 3. The molecule has 0 aliphatic rings. The molecule has 0 spiro atoms. The third-order valence-electron chi connectivity index (χ3n) is 4.03. The first kappa shape index (κ1) is 15.3. The van der Waals surface area contributed by atoms with Gasteiger partial charge >= 0.3 is 5.63 Å². The molecule has 0 aliphatic carbocycles. The number of rotatable bonds is 2. The monoisotopic (exact) mass is 379 g/mol. The van der Waals surface area contributed by atoms with Crippen LogP contribution in [0.4, 0.5) is 0 Å². The molecule has 126 valence electrons. The molecule has 2 aromatic carbocycles. The first-order valence-electron chi connectivity index (χ1n) is 7.83. The molecule has 0 unspecified atom stereocenters. The van der Waals surface area contributed by atoms with Gasteiger partial charge in [0.15, 0.2) is 0 Å². The molecule has 5 aromatic rings. The van der Waals surface area contributed by atoms with Crippen molar-refractivity contribution >= 4 is 38.9 Å². The fourth-order valence-electron chi connectivity index (χ4n) is 2.80. The Balaban J connectivity index is 1.63. The minimum absolute atomic E-state index is 0.388. The molecule has 0 fully saturated rings. The van der Waals surface area contributed by atoms with E-state index in [0.717, 1.165) is 16.0 Å². The second-order valence-corrected chi connectivity index (χ2v) is 7.15. The smallest absolute Gasteiger partial charge is 0.345 e. The molecule has 0 atom stereocenters. The lowest BCUT2D eigenvalue weighted by Crippen LogP contribution is -2.02. The second-order valence-electron chi connectivity index (χ2n) is 5.76. The molecule has 7 heteroatoms. The van der Waals surface area contributed by atoms with Gasteiger partial charge < -0.3 is 4.42 Å². The molecular formula is C19H10ClN3O2S. The zero-order chi connectivity index (χ0) is 17.7. The summed E-state index contributed by atoms with van der Waals surface area (Å²) in [6.45, 7) is 0. The fourth-order valence-corrected chi connectivity index (χ4v) is 3.87. The number of hydrogen-bond donors (Lipinski definition) is 0. The maximum absolute atomic E-state index is 12.3. The van der Waals surface area contributed by atoms with Crippen molar-refractivity contribution in [3.05, 3.63) is 76.2 Å². The normalized spacial score (nSPS) is 11.4. The van der Waals surface area contributed by atoms with Crippen molar-refractivity contribution in [2.45, 2.75) is 0 Å². The minimum Gasteiger partial charge on any atom is -0.422 e. The highest BCUT2D eigenvalue weighted by Crippen LogP contribution is 2.28. The highest BCUT2D eigenvalue weighted by molar-refractivity contribution is 7.19. The number of nitrogens with zero attached hydrogens (tertiary/aromatic N) is 3. The van der Waals surface area contributed by atoms with Crippen LogP contribution in [0, 0.1) is 0 Å². The van der Waals surface area contributed by atoms with Crippen LogP contribution in [0.2, 0.25) is 5.02 Å². The van der Waals surface area contributed by atoms with E-state index in [-0.39, 0.29) is 0 Å². The number of fused-ring (bicyclic) bond motifs is 2. The van der Waals surface area contributed by atoms with E-state index in [1.165, 1.54) is 11.3 Å². The predicted octanol–water partition coefficient (Wildman–Crippen LogP) is 4.88. The molecule has 0 saturated heterocycles. The van der Waals surface area contributed by atoms with Crippen LogP contribution >= 0.6 is 22.9 Å². The molecule has 0 aliphatic heterocycles. The van der Waals surface area contributed by atoms with E-state index < -0.39 is 5.63 Å². The van der Waals surface area contributed by atoms with Crippen molar-refractivity contribution in [3.63, 3.8) is 0 Å². The summed E-state index contributed by atoms with van der Waals surface area (Å²) in [7, 11) is 0. The molecule has 0 saturated carbocycles. The quantitative estimate of drug-likeness (QED) is 0.410.